The Morgan fingerprint density at radius 2 is 1.73 bits per heavy atom. The van der Waals surface area contributed by atoms with E-state index in [1.807, 2.05) is 0 Å². The molecule has 84 valence electrons. The molecular formula is C12H16Br2O. The minimum Gasteiger partial charge on any atom is -0.495 e. The number of halogens is 2. The van der Waals surface area contributed by atoms with Gasteiger partial charge in [-0.15, -0.1) is 0 Å². The zero-order valence-electron chi connectivity index (χ0n) is 9.74. The predicted molar refractivity (Wildman–Crippen MR) is 71.8 cm³/mol. The van der Waals surface area contributed by atoms with Gasteiger partial charge in [0, 0.05) is 10.0 Å². The smallest absolute Gasteiger partial charge is 0.137 e. The first-order valence-corrected chi connectivity index (χ1v) is 6.40. The van der Waals surface area contributed by atoms with E-state index in [0.717, 1.165) is 14.7 Å². The summed E-state index contributed by atoms with van der Waals surface area (Å²) in [6, 6.07) is 2.14. The predicted octanol–water partition coefficient (Wildman–Crippen LogP) is 4.83. The third-order valence-electron chi connectivity index (χ3n) is 2.41. The molecule has 0 atom stereocenters. The molecule has 0 heterocycles. The minimum absolute atomic E-state index is 0.0735. The van der Waals surface area contributed by atoms with E-state index < -0.39 is 0 Å². The Labute approximate surface area is 108 Å². The van der Waals surface area contributed by atoms with Crippen LogP contribution in [0.25, 0.3) is 0 Å². The van der Waals surface area contributed by atoms with Crippen molar-refractivity contribution in [3.05, 3.63) is 26.1 Å². The molecule has 0 aliphatic rings. The summed E-state index contributed by atoms with van der Waals surface area (Å²) >= 11 is 7.15. The molecule has 0 bridgehead atoms. The average Bonchev–Trinajstić information content (AvgIpc) is 2.12. The van der Waals surface area contributed by atoms with Gasteiger partial charge in [0.1, 0.15) is 5.75 Å². The maximum Gasteiger partial charge on any atom is 0.137 e. The van der Waals surface area contributed by atoms with Crippen LogP contribution >= 0.6 is 31.9 Å². The summed E-state index contributed by atoms with van der Waals surface area (Å²) in [6.07, 6.45) is 0. The number of hydrogen-bond acceptors (Lipinski definition) is 1. The van der Waals surface area contributed by atoms with E-state index in [2.05, 4.69) is 65.6 Å². The largest absolute Gasteiger partial charge is 0.495 e. The number of methoxy groups -OCH3 is 1. The molecule has 1 aromatic rings. The van der Waals surface area contributed by atoms with E-state index in [9.17, 15) is 0 Å². The highest BCUT2D eigenvalue weighted by atomic mass is 79.9. The first kappa shape index (κ1) is 13.0. The topological polar surface area (TPSA) is 9.23 Å². The van der Waals surface area contributed by atoms with Crippen LogP contribution in [0, 0.1) is 6.92 Å². The normalized spacial score (nSPS) is 11.7. The molecule has 0 N–H and O–H groups in total. The van der Waals surface area contributed by atoms with Crippen LogP contribution < -0.4 is 4.74 Å². The SMILES string of the molecule is COc1c(C(C)(C)C)cc(Br)c(C)c1Br. The zero-order chi connectivity index (χ0) is 11.8. The van der Waals surface area contributed by atoms with Crippen LogP contribution in [-0.4, -0.2) is 7.11 Å². The van der Waals surface area contributed by atoms with Gasteiger partial charge in [-0.3, -0.25) is 0 Å². The maximum absolute atomic E-state index is 5.47. The molecule has 3 heteroatoms. The molecule has 0 aliphatic heterocycles. The molecule has 0 aliphatic carbocycles. The number of rotatable bonds is 1. The van der Waals surface area contributed by atoms with Gasteiger partial charge in [-0.25, -0.2) is 0 Å². The van der Waals surface area contributed by atoms with Gasteiger partial charge in [0.15, 0.2) is 0 Å². The van der Waals surface area contributed by atoms with Crippen molar-refractivity contribution in [2.75, 3.05) is 7.11 Å². The quantitative estimate of drug-likeness (QED) is 0.714. The van der Waals surface area contributed by atoms with E-state index in [1.165, 1.54) is 11.1 Å². The summed E-state index contributed by atoms with van der Waals surface area (Å²) < 4.78 is 7.61. The number of benzene rings is 1. The van der Waals surface area contributed by atoms with Gasteiger partial charge >= 0.3 is 0 Å². The first-order chi connectivity index (χ1) is 6.79. The molecule has 0 saturated carbocycles. The highest BCUT2D eigenvalue weighted by Gasteiger charge is 2.22. The standard InChI is InChI=1S/C12H16Br2O/c1-7-9(13)6-8(12(2,3)4)11(15-5)10(7)14/h6H,1-5H3. The van der Waals surface area contributed by atoms with Crippen molar-refractivity contribution in [1.29, 1.82) is 0 Å². The minimum atomic E-state index is 0.0735. The molecule has 1 rings (SSSR count). The van der Waals surface area contributed by atoms with E-state index in [-0.39, 0.29) is 5.41 Å². The lowest BCUT2D eigenvalue weighted by molar-refractivity contribution is 0.394. The maximum atomic E-state index is 5.47. The highest BCUT2D eigenvalue weighted by molar-refractivity contribution is 9.11. The van der Waals surface area contributed by atoms with Crippen molar-refractivity contribution in [3.63, 3.8) is 0 Å². The van der Waals surface area contributed by atoms with Crippen LogP contribution in [0.2, 0.25) is 0 Å². The summed E-state index contributed by atoms with van der Waals surface area (Å²) in [4.78, 5) is 0. The Morgan fingerprint density at radius 1 is 1.20 bits per heavy atom. The number of hydrogen-bond donors (Lipinski definition) is 0. The molecule has 0 fully saturated rings. The second-order valence-electron chi connectivity index (χ2n) is 4.63. The average molecular weight is 336 g/mol. The van der Waals surface area contributed by atoms with Crippen LogP contribution in [0.5, 0.6) is 5.75 Å². The number of ether oxygens (including phenoxy) is 1. The first-order valence-electron chi connectivity index (χ1n) is 4.82. The van der Waals surface area contributed by atoms with E-state index >= 15 is 0 Å². The molecule has 0 unspecified atom stereocenters. The van der Waals surface area contributed by atoms with Crippen molar-refractivity contribution in [1.82, 2.24) is 0 Å². The van der Waals surface area contributed by atoms with E-state index in [4.69, 9.17) is 4.74 Å². The molecule has 0 amide bonds. The van der Waals surface area contributed by atoms with Crippen molar-refractivity contribution in [2.24, 2.45) is 0 Å². The molecular weight excluding hydrogens is 320 g/mol. The Bertz CT molecular complexity index is 378. The fourth-order valence-corrected chi connectivity index (χ4v) is 2.73. The molecule has 1 nitrogen and oxygen atoms in total. The van der Waals surface area contributed by atoms with Gasteiger partial charge in [0.25, 0.3) is 0 Å². The van der Waals surface area contributed by atoms with Crippen LogP contribution in [0.1, 0.15) is 31.9 Å². The van der Waals surface area contributed by atoms with E-state index in [0.29, 0.717) is 0 Å². The second kappa shape index (κ2) is 4.46. The molecule has 0 aromatic heterocycles. The van der Waals surface area contributed by atoms with Crippen molar-refractivity contribution >= 4 is 31.9 Å². The van der Waals surface area contributed by atoms with Gasteiger partial charge < -0.3 is 4.74 Å². The highest BCUT2D eigenvalue weighted by Crippen LogP contribution is 2.41. The summed E-state index contributed by atoms with van der Waals surface area (Å²) in [7, 11) is 1.71. The van der Waals surface area contributed by atoms with Gasteiger partial charge in [-0.2, -0.15) is 0 Å². The Balaban J connectivity index is 3.53. The molecule has 1 aromatic carbocycles. The summed E-state index contributed by atoms with van der Waals surface area (Å²) in [5.74, 6) is 0.934. The fourth-order valence-electron chi connectivity index (χ4n) is 1.45. The second-order valence-corrected chi connectivity index (χ2v) is 6.28. The van der Waals surface area contributed by atoms with Gasteiger partial charge in [0.05, 0.1) is 11.6 Å². The van der Waals surface area contributed by atoms with Crippen LogP contribution in [0.4, 0.5) is 0 Å². The van der Waals surface area contributed by atoms with Crippen molar-refractivity contribution < 1.29 is 4.74 Å². The van der Waals surface area contributed by atoms with Crippen LogP contribution in [-0.2, 0) is 5.41 Å². The molecule has 15 heavy (non-hydrogen) atoms. The molecule has 0 radical (unpaired) electrons. The monoisotopic (exact) mass is 334 g/mol. The fraction of sp³-hybridized carbons (Fsp3) is 0.500. The van der Waals surface area contributed by atoms with Gasteiger partial charge in [-0.05, 0) is 39.9 Å². The van der Waals surface area contributed by atoms with Crippen molar-refractivity contribution in [3.8, 4) is 5.75 Å². The van der Waals surface area contributed by atoms with Crippen LogP contribution in [0.3, 0.4) is 0 Å². The Hall–Kier alpha value is -0.0200. The summed E-state index contributed by atoms with van der Waals surface area (Å²) in [5, 5.41) is 0. The summed E-state index contributed by atoms with van der Waals surface area (Å²) in [5.41, 5.74) is 2.44. The van der Waals surface area contributed by atoms with Crippen LogP contribution in [0.15, 0.2) is 15.0 Å². The van der Waals surface area contributed by atoms with Gasteiger partial charge in [0.2, 0.25) is 0 Å². The lowest BCUT2D eigenvalue weighted by Gasteiger charge is -2.24. The van der Waals surface area contributed by atoms with Gasteiger partial charge in [-0.1, -0.05) is 36.7 Å². The Morgan fingerprint density at radius 3 is 2.13 bits per heavy atom. The lowest BCUT2D eigenvalue weighted by atomic mass is 9.86. The lowest BCUT2D eigenvalue weighted by Crippen LogP contribution is -2.13. The van der Waals surface area contributed by atoms with Crippen molar-refractivity contribution in [2.45, 2.75) is 33.1 Å². The zero-order valence-corrected chi connectivity index (χ0v) is 12.9. The third kappa shape index (κ3) is 2.56. The molecule has 0 spiro atoms. The summed E-state index contributed by atoms with van der Waals surface area (Å²) in [6.45, 7) is 8.60. The third-order valence-corrected chi connectivity index (χ3v) is 4.19. The Kier molecular flexibility index (Phi) is 3.88. The van der Waals surface area contributed by atoms with E-state index in [1.54, 1.807) is 7.11 Å². The molecule has 0 saturated heterocycles.